The normalized spacial score (nSPS) is 10.4. The van der Waals surface area contributed by atoms with E-state index in [4.69, 9.17) is 12.2 Å². The molecule has 0 fully saturated rings. The molecule has 96 valence electrons. The lowest BCUT2D eigenvalue weighted by Crippen LogP contribution is -2.26. The van der Waals surface area contributed by atoms with Gasteiger partial charge in [0.2, 0.25) is 0 Å². The summed E-state index contributed by atoms with van der Waals surface area (Å²) in [5, 5.41) is 0. The maximum Gasteiger partial charge on any atom is 0.133 e. The summed E-state index contributed by atoms with van der Waals surface area (Å²) in [6.45, 7) is 6.46. The Kier molecular flexibility index (Phi) is 11.9. The molecule has 0 unspecified atom stereocenters. The molecule has 0 amide bonds. The zero-order valence-corrected chi connectivity index (χ0v) is 12.6. The number of thiocarbonyl (C=S) groups is 1. The smallest absolute Gasteiger partial charge is 0.133 e. The van der Waals surface area contributed by atoms with E-state index in [-0.39, 0.29) is 0 Å². The van der Waals surface area contributed by atoms with E-state index in [9.17, 15) is 0 Å². The predicted molar refractivity (Wildman–Crippen MR) is 81.4 cm³/mol. The third-order valence-corrected chi connectivity index (χ3v) is 3.47. The average Bonchev–Trinajstić information content (AvgIpc) is 2.26. The largest absolute Gasteiger partial charge is 0.358 e. The Morgan fingerprint density at radius 1 is 0.938 bits per heavy atom. The van der Waals surface area contributed by atoms with Crippen molar-refractivity contribution in [1.82, 2.24) is 4.90 Å². The summed E-state index contributed by atoms with van der Waals surface area (Å²) in [4.78, 5) is 2.16. The van der Waals surface area contributed by atoms with Gasteiger partial charge in [0.05, 0.1) is 0 Å². The standard InChI is InChI=1S/C13H27NS2/c1-3-5-6-7-8-9-10-11-12-14(4-2)13(15)16/h3-12H2,1-2H3,(H,15,16). The second-order valence-electron chi connectivity index (χ2n) is 4.34. The molecule has 0 rings (SSSR count). The van der Waals surface area contributed by atoms with E-state index in [0.717, 1.165) is 17.4 Å². The van der Waals surface area contributed by atoms with Crippen LogP contribution >= 0.6 is 24.8 Å². The number of hydrogen-bond donors (Lipinski definition) is 1. The van der Waals surface area contributed by atoms with Gasteiger partial charge in [-0.25, -0.2) is 0 Å². The van der Waals surface area contributed by atoms with Gasteiger partial charge in [-0.2, -0.15) is 0 Å². The molecule has 0 saturated carbocycles. The molecule has 0 heterocycles. The lowest BCUT2D eigenvalue weighted by molar-refractivity contribution is 0.429. The highest BCUT2D eigenvalue weighted by molar-refractivity contribution is 8.10. The number of rotatable bonds is 10. The molecule has 0 aliphatic heterocycles. The molecule has 0 aromatic heterocycles. The van der Waals surface area contributed by atoms with Gasteiger partial charge >= 0.3 is 0 Å². The molecule has 0 aliphatic carbocycles. The first-order valence-corrected chi connectivity index (χ1v) is 7.55. The molecule has 0 spiro atoms. The van der Waals surface area contributed by atoms with Gasteiger partial charge in [-0.1, -0.05) is 64.1 Å². The lowest BCUT2D eigenvalue weighted by Gasteiger charge is -2.20. The highest BCUT2D eigenvalue weighted by Crippen LogP contribution is 2.09. The van der Waals surface area contributed by atoms with Gasteiger partial charge in [-0.15, -0.1) is 12.6 Å². The van der Waals surface area contributed by atoms with Gasteiger partial charge in [-0.3, -0.25) is 0 Å². The molecule has 3 heteroatoms. The Balaban J connectivity index is 3.22. The molecule has 1 nitrogen and oxygen atoms in total. The van der Waals surface area contributed by atoms with Crippen LogP contribution in [0.25, 0.3) is 0 Å². The van der Waals surface area contributed by atoms with Gasteiger partial charge in [0, 0.05) is 13.1 Å². The molecule has 0 atom stereocenters. The van der Waals surface area contributed by atoms with Crippen LogP contribution < -0.4 is 0 Å². The van der Waals surface area contributed by atoms with Crippen LogP contribution in [0.4, 0.5) is 0 Å². The Morgan fingerprint density at radius 3 is 1.88 bits per heavy atom. The van der Waals surface area contributed by atoms with Crippen LogP contribution in [0.5, 0.6) is 0 Å². The maximum atomic E-state index is 5.05. The highest BCUT2D eigenvalue weighted by atomic mass is 32.1. The summed E-state index contributed by atoms with van der Waals surface area (Å²) in [5.41, 5.74) is 0. The van der Waals surface area contributed by atoms with Crippen molar-refractivity contribution in [1.29, 1.82) is 0 Å². The SMILES string of the molecule is CCCCCCCCCCN(CC)C(=S)S. The minimum Gasteiger partial charge on any atom is -0.358 e. The van der Waals surface area contributed by atoms with Gasteiger partial charge in [0.25, 0.3) is 0 Å². The van der Waals surface area contributed by atoms with Crippen LogP contribution in [0, 0.1) is 0 Å². The minimum atomic E-state index is 0.741. The van der Waals surface area contributed by atoms with Gasteiger partial charge in [-0.05, 0) is 13.3 Å². The van der Waals surface area contributed by atoms with Crippen molar-refractivity contribution in [2.45, 2.75) is 65.2 Å². The third kappa shape index (κ3) is 9.46. The minimum absolute atomic E-state index is 0.741. The Bertz CT molecular complexity index is 171. The van der Waals surface area contributed by atoms with Gasteiger partial charge in [0.15, 0.2) is 0 Å². The molecule has 0 bridgehead atoms. The summed E-state index contributed by atoms with van der Waals surface area (Å²) in [6, 6.07) is 0. The molecule has 16 heavy (non-hydrogen) atoms. The van der Waals surface area contributed by atoms with Crippen molar-refractivity contribution >= 4 is 29.2 Å². The molecule has 0 aliphatic rings. The van der Waals surface area contributed by atoms with E-state index in [1.807, 2.05) is 0 Å². The number of thiol groups is 1. The molecule has 0 saturated heterocycles. The fourth-order valence-electron chi connectivity index (χ4n) is 1.83. The zero-order valence-electron chi connectivity index (χ0n) is 10.9. The summed E-state index contributed by atoms with van der Waals surface area (Å²) < 4.78 is 0.741. The van der Waals surface area contributed by atoms with Gasteiger partial charge < -0.3 is 4.90 Å². The van der Waals surface area contributed by atoms with Crippen LogP contribution in [0.1, 0.15) is 65.2 Å². The summed E-state index contributed by atoms with van der Waals surface area (Å²) in [5.74, 6) is 0. The molecule has 0 aromatic carbocycles. The molecule has 0 radical (unpaired) electrons. The van der Waals surface area contributed by atoms with Crippen molar-refractivity contribution in [2.24, 2.45) is 0 Å². The fraction of sp³-hybridized carbons (Fsp3) is 0.923. The highest BCUT2D eigenvalue weighted by Gasteiger charge is 2.01. The fourth-order valence-corrected chi connectivity index (χ4v) is 2.29. The van der Waals surface area contributed by atoms with Crippen molar-refractivity contribution in [2.75, 3.05) is 13.1 Å². The van der Waals surface area contributed by atoms with E-state index in [2.05, 4.69) is 31.4 Å². The third-order valence-electron chi connectivity index (χ3n) is 2.93. The topological polar surface area (TPSA) is 3.24 Å². The Hall–Kier alpha value is 0.240. The Morgan fingerprint density at radius 2 is 1.44 bits per heavy atom. The van der Waals surface area contributed by atoms with Gasteiger partial charge in [0.1, 0.15) is 4.32 Å². The van der Waals surface area contributed by atoms with Crippen molar-refractivity contribution in [3.8, 4) is 0 Å². The van der Waals surface area contributed by atoms with E-state index in [0.29, 0.717) is 0 Å². The second-order valence-corrected chi connectivity index (χ2v) is 5.45. The quantitative estimate of drug-likeness (QED) is 0.346. The first kappa shape index (κ1) is 16.2. The van der Waals surface area contributed by atoms with E-state index in [1.165, 1.54) is 51.4 Å². The first-order valence-electron chi connectivity index (χ1n) is 6.70. The van der Waals surface area contributed by atoms with E-state index >= 15 is 0 Å². The van der Waals surface area contributed by atoms with E-state index in [1.54, 1.807) is 0 Å². The summed E-state index contributed by atoms with van der Waals surface area (Å²) in [6.07, 6.45) is 10.9. The number of hydrogen-bond acceptors (Lipinski definition) is 1. The predicted octanol–water partition coefficient (Wildman–Crippen LogP) is 4.66. The summed E-state index contributed by atoms with van der Waals surface area (Å²) in [7, 11) is 0. The van der Waals surface area contributed by atoms with Crippen LogP contribution in [0.15, 0.2) is 0 Å². The van der Waals surface area contributed by atoms with E-state index < -0.39 is 0 Å². The van der Waals surface area contributed by atoms with Crippen LogP contribution in [0.2, 0.25) is 0 Å². The molecule has 0 aromatic rings. The van der Waals surface area contributed by atoms with Crippen molar-refractivity contribution in [3.05, 3.63) is 0 Å². The zero-order chi connectivity index (χ0) is 12.2. The number of nitrogens with zero attached hydrogens (tertiary/aromatic N) is 1. The second kappa shape index (κ2) is 11.7. The lowest BCUT2D eigenvalue weighted by atomic mass is 10.1. The van der Waals surface area contributed by atoms with Crippen LogP contribution in [-0.2, 0) is 0 Å². The number of unbranched alkanes of at least 4 members (excludes halogenated alkanes) is 7. The van der Waals surface area contributed by atoms with Crippen molar-refractivity contribution < 1.29 is 0 Å². The van der Waals surface area contributed by atoms with Crippen LogP contribution in [-0.4, -0.2) is 22.3 Å². The Labute approximate surface area is 112 Å². The molecular formula is C13H27NS2. The van der Waals surface area contributed by atoms with Crippen LogP contribution in [0.3, 0.4) is 0 Å². The molecular weight excluding hydrogens is 234 g/mol. The first-order chi connectivity index (χ1) is 7.72. The molecule has 0 N–H and O–H groups in total. The monoisotopic (exact) mass is 261 g/mol. The average molecular weight is 261 g/mol. The van der Waals surface area contributed by atoms with Crippen molar-refractivity contribution in [3.63, 3.8) is 0 Å². The maximum absolute atomic E-state index is 5.05. The summed E-state index contributed by atoms with van der Waals surface area (Å²) >= 11 is 9.27.